The Morgan fingerprint density at radius 2 is 1.81 bits per heavy atom. The number of benzene rings is 1. The Bertz CT molecular complexity index is 377. The maximum Gasteiger partial charge on any atom is 0.0719 e. The molecular weight excluding hydrogens is 262 g/mol. The molecule has 1 aromatic rings. The van der Waals surface area contributed by atoms with E-state index in [2.05, 4.69) is 12.8 Å². The molecule has 1 heterocycles. The van der Waals surface area contributed by atoms with Gasteiger partial charge in [-0.05, 0) is 31.4 Å². The highest BCUT2D eigenvalue weighted by molar-refractivity contribution is 5.35. The maximum absolute atomic E-state index is 10.1. The normalized spacial score (nSPS) is 26.5. The van der Waals surface area contributed by atoms with Crippen LogP contribution >= 0.6 is 0 Å². The van der Waals surface area contributed by atoms with Gasteiger partial charge in [-0.1, -0.05) is 38.5 Å². The third-order valence-corrected chi connectivity index (χ3v) is 3.97. The minimum Gasteiger partial charge on any atom is -0.399 e. The van der Waals surface area contributed by atoms with Crippen LogP contribution in [0.4, 0.5) is 5.69 Å². The zero-order valence-electron chi connectivity index (χ0n) is 12.0. The van der Waals surface area contributed by atoms with Gasteiger partial charge in [-0.15, -0.1) is 12.8 Å². The van der Waals surface area contributed by atoms with Gasteiger partial charge >= 0.3 is 0 Å². The van der Waals surface area contributed by atoms with Gasteiger partial charge in [0.2, 0.25) is 0 Å². The van der Waals surface area contributed by atoms with Crippen LogP contribution in [0.5, 0.6) is 0 Å². The number of aliphatic hydroxyl groups is 1. The third-order valence-electron chi connectivity index (χ3n) is 3.97. The number of hydrogen-bond acceptors (Lipinski definition) is 3. The Morgan fingerprint density at radius 3 is 2.33 bits per heavy atom. The first-order chi connectivity index (χ1) is 9.71. The molecule has 1 aromatic carbocycles. The number of fused-ring (bicyclic) bond motifs is 1. The zero-order valence-corrected chi connectivity index (χ0v) is 12.0. The van der Waals surface area contributed by atoms with Gasteiger partial charge in [0.25, 0.3) is 0 Å². The second-order valence-corrected chi connectivity index (χ2v) is 5.28. The summed E-state index contributed by atoms with van der Waals surface area (Å²) in [5.41, 5.74) is 5.83. The van der Waals surface area contributed by atoms with E-state index >= 15 is 0 Å². The highest BCUT2D eigenvalue weighted by Crippen LogP contribution is 2.38. The summed E-state index contributed by atoms with van der Waals surface area (Å²) in [4.78, 5) is 0. The summed E-state index contributed by atoms with van der Waals surface area (Å²) in [6.07, 6.45) is 13.5. The van der Waals surface area contributed by atoms with Crippen molar-refractivity contribution < 1.29 is 9.84 Å². The van der Waals surface area contributed by atoms with E-state index in [-0.39, 0.29) is 13.0 Å². The molecule has 0 radical (unpaired) electrons. The quantitative estimate of drug-likeness (QED) is 0.568. The lowest BCUT2D eigenvalue weighted by Crippen LogP contribution is -2.47. The van der Waals surface area contributed by atoms with Gasteiger partial charge in [0, 0.05) is 18.2 Å². The predicted molar refractivity (Wildman–Crippen MR) is 89.8 cm³/mol. The zero-order chi connectivity index (χ0) is 14.8. The number of nitrogens with two attached hydrogens (primary N) is 1. The molecule has 1 aliphatic heterocycles. The molecule has 0 amide bonds. The van der Waals surface area contributed by atoms with Gasteiger partial charge in [-0.25, -0.2) is 0 Å². The molecule has 2 aliphatic rings. The second-order valence-electron chi connectivity index (χ2n) is 5.28. The molecular formula is C18H29NO2. The van der Waals surface area contributed by atoms with E-state index in [4.69, 9.17) is 10.5 Å². The average molecular weight is 291 g/mol. The van der Waals surface area contributed by atoms with Crippen molar-refractivity contribution in [3.8, 4) is 12.8 Å². The van der Waals surface area contributed by atoms with Crippen molar-refractivity contribution >= 4 is 5.69 Å². The Kier molecular flexibility index (Phi) is 9.53. The summed E-state index contributed by atoms with van der Waals surface area (Å²) >= 11 is 0. The smallest absolute Gasteiger partial charge is 0.0719 e. The van der Waals surface area contributed by atoms with E-state index in [1.54, 1.807) is 0 Å². The summed E-state index contributed by atoms with van der Waals surface area (Å²) < 4.78 is 5.34. The maximum atomic E-state index is 10.1. The van der Waals surface area contributed by atoms with Gasteiger partial charge in [0.15, 0.2) is 0 Å². The Morgan fingerprint density at radius 1 is 1.14 bits per heavy atom. The fourth-order valence-corrected chi connectivity index (χ4v) is 2.79. The van der Waals surface area contributed by atoms with Crippen LogP contribution in [0.1, 0.15) is 39.5 Å². The van der Waals surface area contributed by atoms with Crippen LogP contribution in [0.15, 0.2) is 30.3 Å². The standard InChI is InChI=1S/C9H16O2.C6H7N.C2H2.CH4/c10-9-4-2-1-3-8(9)7-11-6-5-9;7-6-4-2-1-3-5-6;1-2;/h8,10H,1-7H2;1-5H,7H2;1-2H;1H4/t8?,9-;;;/m0.../s1. The first kappa shape index (κ1) is 19.5. The highest BCUT2D eigenvalue weighted by atomic mass is 16.5. The molecule has 0 bridgehead atoms. The van der Waals surface area contributed by atoms with Crippen molar-refractivity contribution in [2.75, 3.05) is 18.9 Å². The first-order valence-electron chi connectivity index (χ1n) is 7.15. The van der Waals surface area contributed by atoms with Crippen molar-refractivity contribution in [3.05, 3.63) is 30.3 Å². The van der Waals surface area contributed by atoms with E-state index in [0.717, 1.165) is 38.2 Å². The van der Waals surface area contributed by atoms with Crippen LogP contribution in [0.3, 0.4) is 0 Å². The molecule has 1 aliphatic carbocycles. The molecule has 1 saturated carbocycles. The fraction of sp³-hybridized carbons (Fsp3) is 0.556. The molecule has 0 aromatic heterocycles. The van der Waals surface area contributed by atoms with Gasteiger partial charge in [0.05, 0.1) is 12.2 Å². The first-order valence-corrected chi connectivity index (χ1v) is 7.15. The van der Waals surface area contributed by atoms with E-state index in [0.29, 0.717) is 5.92 Å². The summed E-state index contributed by atoms with van der Waals surface area (Å²) in [6, 6.07) is 9.49. The monoisotopic (exact) mass is 291 g/mol. The molecule has 118 valence electrons. The van der Waals surface area contributed by atoms with Crippen molar-refractivity contribution in [1.29, 1.82) is 0 Å². The van der Waals surface area contributed by atoms with Crippen molar-refractivity contribution in [1.82, 2.24) is 0 Å². The Hall–Kier alpha value is -1.50. The Balaban J connectivity index is 0.000000351. The van der Waals surface area contributed by atoms with Crippen molar-refractivity contribution in [3.63, 3.8) is 0 Å². The third kappa shape index (κ3) is 6.20. The van der Waals surface area contributed by atoms with Crippen LogP contribution in [0, 0.1) is 18.8 Å². The summed E-state index contributed by atoms with van der Waals surface area (Å²) in [5, 5.41) is 10.1. The topological polar surface area (TPSA) is 55.5 Å². The van der Waals surface area contributed by atoms with Gasteiger partial charge in [-0.2, -0.15) is 0 Å². The van der Waals surface area contributed by atoms with Crippen LogP contribution < -0.4 is 5.73 Å². The molecule has 1 saturated heterocycles. The number of nitrogen functional groups attached to an aromatic ring is 1. The van der Waals surface area contributed by atoms with E-state index in [1.165, 1.54) is 12.8 Å². The molecule has 3 N–H and O–H groups in total. The predicted octanol–water partition coefficient (Wildman–Crippen LogP) is 3.48. The molecule has 2 atom stereocenters. The Labute approximate surface area is 129 Å². The van der Waals surface area contributed by atoms with Crippen molar-refractivity contribution in [2.45, 2.75) is 45.1 Å². The largest absolute Gasteiger partial charge is 0.399 e. The minimum atomic E-state index is -0.351. The SMILES string of the molecule is C.C#C.Nc1ccccc1.O[C@]12CCCCC1COCC2. The lowest BCUT2D eigenvalue weighted by atomic mass is 9.73. The van der Waals surface area contributed by atoms with E-state index in [1.807, 2.05) is 30.3 Å². The number of rotatable bonds is 0. The van der Waals surface area contributed by atoms with Gasteiger partial charge in [0.1, 0.15) is 0 Å². The van der Waals surface area contributed by atoms with Crippen LogP contribution in [0.2, 0.25) is 0 Å². The van der Waals surface area contributed by atoms with Crippen LogP contribution in [0.25, 0.3) is 0 Å². The molecule has 3 heteroatoms. The number of hydrogen-bond donors (Lipinski definition) is 2. The van der Waals surface area contributed by atoms with Crippen molar-refractivity contribution in [2.24, 2.45) is 5.92 Å². The van der Waals surface area contributed by atoms with E-state index in [9.17, 15) is 5.11 Å². The number of para-hydroxylation sites is 1. The summed E-state index contributed by atoms with van der Waals surface area (Å²) in [7, 11) is 0. The lowest BCUT2D eigenvalue weighted by Gasteiger charge is -2.43. The molecule has 1 unspecified atom stereocenters. The van der Waals surface area contributed by atoms with Crippen LogP contribution in [-0.4, -0.2) is 23.9 Å². The van der Waals surface area contributed by atoms with Gasteiger partial charge < -0.3 is 15.6 Å². The lowest BCUT2D eigenvalue weighted by molar-refractivity contribution is -0.131. The molecule has 3 rings (SSSR count). The molecule has 3 nitrogen and oxygen atoms in total. The summed E-state index contributed by atoms with van der Waals surface area (Å²) in [5.74, 6) is 0.435. The van der Waals surface area contributed by atoms with Gasteiger partial charge in [-0.3, -0.25) is 0 Å². The van der Waals surface area contributed by atoms with E-state index < -0.39 is 0 Å². The summed E-state index contributed by atoms with van der Waals surface area (Å²) in [6.45, 7) is 1.55. The number of ether oxygens (including phenoxy) is 1. The average Bonchev–Trinajstić information content (AvgIpc) is 2.50. The van der Waals surface area contributed by atoms with Crippen LogP contribution in [-0.2, 0) is 4.74 Å². The second kappa shape index (κ2) is 10.3. The fourth-order valence-electron chi connectivity index (χ4n) is 2.79. The minimum absolute atomic E-state index is 0. The highest BCUT2D eigenvalue weighted by Gasteiger charge is 2.40. The number of anilines is 1. The number of terminal acetylenes is 1. The molecule has 2 fully saturated rings. The molecule has 0 spiro atoms. The molecule has 21 heavy (non-hydrogen) atoms.